The largest absolute Gasteiger partial charge is 0.481 e. The second-order valence-electron chi connectivity index (χ2n) is 8.26. The minimum absolute atomic E-state index is 0.185. The average molecular weight is 401 g/mol. The van der Waals surface area contributed by atoms with Crippen LogP contribution in [0.4, 0.5) is 5.69 Å². The van der Waals surface area contributed by atoms with Crippen LogP contribution >= 0.6 is 11.6 Å². The van der Waals surface area contributed by atoms with Crippen LogP contribution in [0.25, 0.3) is 0 Å². The van der Waals surface area contributed by atoms with Gasteiger partial charge in [0.05, 0.1) is 12.0 Å². The molecule has 0 amide bonds. The molecule has 1 atom stereocenters. The summed E-state index contributed by atoms with van der Waals surface area (Å²) in [6, 6.07) is 12.9. The van der Waals surface area contributed by atoms with Gasteiger partial charge in [-0.3, -0.25) is 9.69 Å². The molecular weight excluding hydrogens is 372 g/mol. The highest BCUT2D eigenvalue weighted by Crippen LogP contribution is 2.31. The van der Waals surface area contributed by atoms with Gasteiger partial charge >= 0.3 is 5.97 Å². The average Bonchev–Trinajstić information content (AvgIpc) is 2.59. The molecule has 0 saturated carbocycles. The van der Waals surface area contributed by atoms with E-state index < -0.39 is 5.97 Å². The van der Waals surface area contributed by atoms with Crippen molar-refractivity contribution in [3.8, 4) is 0 Å². The summed E-state index contributed by atoms with van der Waals surface area (Å²) < 4.78 is 0. The summed E-state index contributed by atoms with van der Waals surface area (Å²) in [6.07, 6.45) is 0. The highest BCUT2D eigenvalue weighted by Gasteiger charge is 2.32. The molecule has 5 heteroatoms. The van der Waals surface area contributed by atoms with Crippen molar-refractivity contribution in [3.05, 3.63) is 63.7 Å². The second-order valence-corrected chi connectivity index (χ2v) is 8.64. The van der Waals surface area contributed by atoms with Crippen LogP contribution in [0.5, 0.6) is 0 Å². The number of hydrogen-bond acceptors (Lipinski definition) is 3. The third-order valence-electron chi connectivity index (χ3n) is 5.45. The SMILES string of the molecule is Cc1cc(C(Nc2cccc(CN3CC(C(=O)O)C3)c2)C(C)C)cc(C)c1Cl. The van der Waals surface area contributed by atoms with Crippen LogP contribution in [-0.2, 0) is 11.3 Å². The summed E-state index contributed by atoms with van der Waals surface area (Å²) in [5.41, 5.74) is 5.72. The normalized spacial score (nSPS) is 16.1. The van der Waals surface area contributed by atoms with E-state index in [1.807, 2.05) is 13.8 Å². The predicted octanol–water partition coefficient (Wildman–Crippen LogP) is 5.28. The van der Waals surface area contributed by atoms with Crippen LogP contribution in [0, 0.1) is 25.7 Å². The number of halogens is 1. The van der Waals surface area contributed by atoms with Crippen LogP contribution in [0.2, 0.25) is 5.02 Å². The van der Waals surface area contributed by atoms with Crippen molar-refractivity contribution < 1.29 is 9.90 Å². The van der Waals surface area contributed by atoms with Crippen LogP contribution in [0.15, 0.2) is 36.4 Å². The molecule has 1 saturated heterocycles. The van der Waals surface area contributed by atoms with Crippen molar-refractivity contribution in [2.45, 2.75) is 40.3 Å². The summed E-state index contributed by atoms with van der Waals surface area (Å²) in [5.74, 6) is -0.502. The van der Waals surface area contributed by atoms with E-state index in [1.54, 1.807) is 0 Å². The number of carbonyl (C=O) groups is 1. The van der Waals surface area contributed by atoms with Gasteiger partial charge in [0.15, 0.2) is 0 Å². The number of rotatable bonds is 7. The molecule has 1 unspecified atom stereocenters. The van der Waals surface area contributed by atoms with Gasteiger partial charge in [0.2, 0.25) is 0 Å². The zero-order valence-electron chi connectivity index (χ0n) is 17.0. The number of nitrogens with zero attached hydrogens (tertiary/aromatic N) is 1. The Morgan fingerprint density at radius 2 is 1.86 bits per heavy atom. The molecule has 3 rings (SSSR count). The van der Waals surface area contributed by atoms with Crippen LogP contribution < -0.4 is 5.32 Å². The summed E-state index contributed by atoms with van der Waals surface area (Å²) >= 11 is 6.35. The van der Waals surface area contributed by atoms with E-state index in [0.29, 0.717) is 19.0 Å². The fourth-order valence-electron chi connectivity index (χ4n) is 3.85. The first kappa shape index (κ1) is 20.7. The fourth-order valence-corrected chi connectivity index (χ4v) is 3.96. The van der Waals surface area contributed by atoms with Gasteiger partial charge in [-0.2, -0.15) is 0 Å². The Labute approximate surface area is 172 Å². The minimum atomic E-state index is -0.694. The third kappa shape index (κ3) is 4.68. The van der Waals surface area contributed by atoms with Crippen LogP contribution in [-0.4, -0.2) is 29.1 Å². The number of carboxylic acid groups (broad SMARTS) is 1. The monoisotopic (exact) mass is 400 g/mol. The lowest BCUT2D eigenvalue weighted by atomic mass is 9.93. The van der Waals surface area contributed by atoms with Gasteiger partial charge in [0.1, 0.15) is 0 Å². The summed E-state index contributed by atoms with van der Waals surface area (Å²) in [7, 11) is 0. The lowest BCUT2D eigenvalue weighted by Crippen LogP contribution is -2.49. The number of hydrogen-bond donors (Lipinski definition) is 2. The molecule has 0 spiro atoms. The zero-order chi connectivity index (χ0) is 20.4. The van der Waals surface area contributed by atoms with Gasteiger partial charge in [0.25, 0.3) is 0 Å². The first-order valence-electron chi connectivity index (χ1n) is 9.82. The number of aryl methyl sites for hydroxylation is 2. The smallest absolute Gasteiger partial charge is 0.309 e. The maximum absolute atomic E-state index is 11.0. The molecule has 1 aliphatic heterocycles. The summed E-state index contributed by atoms with van der Waals surface area (Å²) in [6.45, 7) is 10.6. The van der Waals surface area contributed by atoms with Crippen LogP contribution in [0.1, 0.15) is 42.1 Å². The summed E-state index contributed by atoms with van der Waals surface area (Å²) in [5, 5.41) is 13.6. The molecule has 4 nitrogen and oxygen atoms in total. The Morgan fingerprint density at radius 1 is 1.21 bits per heavy atom. The Bertz CT molecular complexity index is 836. The number of anilines is 1. The topological polar surface area (TPSA) is 52.6 Å². The molecule has 150 valence electrons. The molecule has 0 radical (unpaired) electrons. The molecule has 1 fully saturated rings. The number of benzene rings is 2. The van der Waals surface area contributed by atoms with Gasteiger partial charge in [-0.1, -0.05) is 49.7 Å². The molecule has 0 aromatic heterocycles. The molecule has 28 heavy (non-hydrogen) atoms. The first-order valence-corrected chi connectivity index (χ1v) is 10.2. The molecule has 2 N–H and O–H groups in total. The lowest BCUT2D eigenvalue weighted by molar-refractivity contribution is -0.147. The van der Waals surface area contributed by atoms with Crippen molar-refractivity contribution in [2.75, 3.05) is 18.4 Å². The van der Waals surface area contributed by atoms with Crippen molar-refractivity contribution in [3.63, 3.8) is 0 Å². The second kappa shape index (κ2) is 8.54. The molecule has 2 aromatic carbocycles. The van der Waals surface area contributed by atoms with Gasteiger partial charge in [-0.25, -0.2) is 0 Å². The Kier molecular flexibility index (Phi) is 6.31. The first-order chi connectivity index (χ1) is 13.2. The number of aliphatic carboxylic acids is 1. The van der Waals surface area contributed by atoms with E-state index in [-0.39, 0.29) is 12.0 Å². The van der Waals surface area contributed by atoms with E-state index in [9.17, 15) is 4.79 Å². The van der Waals surface area contributed by atoms with Gasteiger partial charge in [-0.05, 0) is 54.2 Å². The number of likely N-dealkylation sites (tertiary alicyclic amines) is 1. The molecule has 1 aliphatic rings. The van der Waals surface area contributed by atoms with Gasteiger partial charge < -0.3 is 10.4 Å². The fraction of sp³-hybridized carbons (Fsp3) is 0.435. The molecule has 0 bridgehead atoms. The zero-order valence-corrected chi connectivity index (χ0v) is 17.8. The Balaban J connectivity index is 1.73. The molecule has 2 aromatic rings. The molecular formula is C23H29ClN2O2. The van der Waals surface area contributed by atoms with E-state index in [1.165, 1.54) is 11.1 Å². The standard InChI is InChI=1S/C23H29ClN2O2/c1-14(2)22(18-8-15(3)21(24)16(4)9-18)25-20-7-5-6-17(10-20)11-26-12-19(13-26)23(27)28/h5-10,14,19,22,25H,11-13H2,1-4H3,(H,27,28). The predicted molar refractivity (Wildman–Crippen MR) is 115 cm³/mol. The third-order valence-corrected chi connectivity index (χ3v) is 6.04. The highest BCUT2D eigenvalue weighted by molar-refractivity contribution is 6.32. The minimum Gasteiger partial charge on any atom is -0.481 e. The van der Waals surface area contributed by atoms with E-state index in [0.717, 1.165) is 28.4 Å². The Hall–Kier alpha value is -2.04. The lowest BCUT2D eigenvalue weighted by Gasteiger charge is -2.36. The van der Waals surface area contributed by atoms with Gasteiger partial charge in [-0.15, -0.1) is 0 Å². The van der Waals surface area contributed by atoms with Gasteiger partial charge in [0, 0.05) is 30.3 Å². The molecule has 0 aliphatic carbocycles. The van der Waals surface area contributed by atoms with E-state index in [4.69, 9.17) is 16.7 Å². The maximum Gasteiger partial charge on any atom is 0.309 e. The van der Waals surface area contributed by atoms with Crippen molar-refractivity contribution in [2.24, 2.45) is 11.8 Å². The number of carboxylic acids is 1. The van der Waals surface area contributed by atoms with Crippen molar-refractivity contribution in [1.29, 1.82) is 0 Å². The highest BCUT2D eigenvalue weighted by atomic mass is 35.5. The summed E-state index contributed by atoms with van der Waals surface area (Å²) in [4.78, 5) is 13.1. The maximum atomic E-state index is 11.0. The van der Waals surface area contributed by atoms with Crippen molar-refractivity contribution >= 4 is 23.3 Å². The number of nitrogens with one attached hydrogen (secondary N) is 1. The van der Waals surface area contributed by atoms with Crippen molar-refractivity contribution in [1.82, 2.24) is 4.90 Å². The Morgan fingerprint density at radius 3 is 2.43 bits per heavy atom. The van der Waals surface area contributed by atoms with E-state index >= 15 is 0 Å². The van der Waals surface area contributed by atoms with Crippen LogP contribution in [0.3, 0.4) is 0 Å². The quantitative estimate of drug-likeness (QED) is 0.663. The molecule has 1 heterocycles. The van der Waals surface area contributed by atoms with E-state index in [2.05, 4.69) is 60.5 Å².